The molecule has 1 aliphatic heterocycles. The normalized spacial score (nSPS) is 15.0. The zero-order chi connectivity index (χ0) is 19.9. The predicted octanol–water partition coefficient (Wildman–Crippen LogP) is 1.66. The van der Waals surface area contributed by atoms with Crippen LogP contribution in [0.5, 0.6) is 11.5 Å². The Kier molecular flexibility index (Phi) is 6.25. The maximum absolute atomic E-state index is 12.9. The molecule has 1 heterocycles. The van der Waals surface area contributed by atoms with Crippen molar-refractivity contribution < 1.29 is 19.4 Å². The van der Waals surface area contributed by atoms with Crippen molar-refractivity contribution >= 4 is 23.6 Å². The van der Waals surface area contributed by atoms with E-state index in [0.717, 1.165) is 0 Å². The van der Waals surface area contributed by atoms with Gasteiger partial charge in [0.2, 0.25) is 5.96 Å². The number of amides is 1. The molecule has 0 saturated heterocycles. The van der Waals surface area contributed by atoms with Gasteiger partial charge in [-0.3, -0.25) is 10.2 Å². The molecule has 1 amide bonds. The van der Waals surface area contributed by atoms with E-state index in [2.05, 4.69) is 10.4 Å². The molecule has 3 rings (SSSR count). The monoisotopic (exact) mass is 382 g/mol. The Hall–Kier alpha value is -3.36. The van der Waals surface area contributed by atoms with Crippen molar-refractivity contribution in [1.29, 1.82) is 0 Å². The fourth-order valence-corrected chi connectivity index (χ4v) is 2.71. The topological polar surface area (TPSA) is 109 Å². The molecule has 4 N–H and O–H groups in total. The molecule has 0 bridgehead atoms. The minimum absolute atomic E-state index is 0.0285. The van der Waals surface area contributed by atoms with Crippen LogP contribution in [0.2, 0.25) is 0 Å². The first-order chi connectivity index (χ1) is 13.7. The van der Waals surface area contributed by atoms with E-state index in [1.807, 2.05) is 18.2 Å². The highest BCUT2D eigenvalue weighted by molar-refractivity contribution is 6.28. The Morgan fingerprint density at radius 3 is 2.71 bits per heavy atom. The molecule has 0 atom stereocenters. The van der Waals surface area contributed by atoms with Gasteiger partial charge in [0.05, 0.1) is 19.4 Å². The number of para-hydroxylation sites is 1. The number of hydrogen-bond donors (Lipinski definition) is 3. The first-order valence-electron chi connectivity index (χ1n) is 8.76. The van der Waals surface area contributed by atoms with Crippen LogP contribution in [0.1, 0.15) is 12.0 Å². The number of hydrazine groups is 1. The molecule has 2 aromatic rings. The first-order valence-corrected chi connectivity index (χ1v) is 8.76. The first kappa shape index (κ1) is 19.4. The number of aliphatic hydroxyl groups excluding tert-OH is 1. The van der Waals surface area contributed by atoms with Gasteiger partial charge in [0.25, 0.3) is 5.91 Å². The van der Waals surface area contributed by atoms with Gasteiger partial charge in [-0.2, -0.15) is 0 Å². The van der Waals surface area contributed by atoms with Crippen molar-refractivity contribution in [2.45, 2.75) is 6.42 Å². The van der Waals surface area contributed by atoms with E-state index in [0.29, 0.717) is 35.8 Å². The van der Waals surface area contributed by atoms with Crippen LogP contribution in [-0.4, -0.2) is 37.3 Å². The smallest absolute Gasteiger partial charge is 0.283 e. The molecule has 28 heavy (non-hydrogen) atoms. The Labute approximate surface area is 162 Å². The molecule has 0 radical (unpaired) electrons. The lowest BCUT2D eigenvalue weighted by molar-refractivity contribution is -0.113. The van der Waals surface area contributed by atoms with Gasteiger partial charge in [0.15, 0.2) is 0 Å². The molecule has 0 spiro atoms. The van der Waals surface area contributed by atoms with Gasteiger partial charge in [-0.25, -0.2) is 15.7 Å². The molecule has 0 unspecified atom stereocenters. The molecule has 0 saturated carbocycles. The molecule has 2 aromatic carbocycles. The molecule has 0 aromatic heterocycles. The minimum atomic E-state index is -0.309. The summed E-state index contributed by atoms with van der Waals surface area (Å²) in [6.07, 6.45) is 2.13. The van der Waals surface area contributed by atoms with Gasteiger partial charge >= 0.3 is 0 Å². The van der Waals surface area contributed by atoms with Crippen molar-refractivity contribution in [3.05, 3.63) is 59.8 Å². The predicted molar refractivity (Wildman–Crippen MR) is 107 cm³/mol. The second kappa shape index (κ2) is 9.03. The number of nitrogens with one attached hydrogen (secondary N) is 1. The van der Waals surface area contributed by atoms with Crippen LogP contribution < -0.4 is 25.6 Å². The number of rotatable bonds is 7. The van der Waals surface area contributed by atoms with Crippen molar-refractivity contribution in [3.8, 4) is 11.5 Å². The van der Waals surface area contributed by atoms with Crippen LogP contribution in [-0.2, 0) is 4.79 Å². The summed E-state index contributed by atoms with van der Waals surface area (Å²) in [5.74, 6) is 6.64. The Balaban J connectivity index is 1.94. The van der Waals surface area contributed by atoms with E-state index >= 15 is 0 Å². The van der Waals surface area contributed by atoms with Crippen molar-refractivity contribution in [3.63, 3.8) is 0 Å². The van der Waals surface area contributed by atoms with Crippen LogP contribution in [0.25, 0.3) is 6.08 Å². The lowest BCUT2D eigenvalue weighted by atomic mass is 10.1. The van der Waals surface area contributed by atoms with Crippen LogP contribution in [0.4, 0.5) is 5.69 Å². The van der Waals surface area contributed by atoms with Crippen molar-refractivity contribution in [2.75, 3.05) is 25.2 Å². The van der Waals surface area contributed by atoms with Gasteiger partial charge in [-0.15, -0.1) is 0 Å². The summed E-state index contributed by atoms with van der Waals surface area (Å²) in [4.78, 5) is 18.6. The lowest BCUT2D eigenvalue weighted by Gasteiger charge is -2.17. The van der Waals surface area contributed by atoms with Crippen LogP contribution in [0, 0.1) is 0 Å². The fraction of sp³-hybridized carbons (Fsp3) is 0.200. The van der Waals surface area contributed by atoms with E-state index in [9.17, 15) is 4.79 Å². The summed E-state index contributed by atoms with van der Waals surface area (Å²) < 4.78 is 11.0. The van der Waals surface area contributed by atoms with Gasteiger partial charge in [-0.1, -0.05) is 18.2 Å². The standard InChI is InChI=1S/C20H22N4O4/c1-27-16-9-8-14(18(13-16)28-11-5-10-25)12-17-19(26)24(20(22-17)23-21)15-6-3-2-4-7-15/h2-4,6-9,12-13,25H,5,10-11,21H2,1H3,(H,22,23)/b17-12-. The second-order valence-corrected chi connectivity index (χ2v) is 5.91. The Morgan fingerprint density at radius 2 is 2.04 bits per heavy atom. The quantitative estimate of drug-likeness (QED) is 0.291. The minimum Gasteiger partial charge on any atom is -0.497 e. The average molecular weight is 382 g/mol. The molecule has 8 heteroatoms. The molecular formula is C20H22N4O4. The average Bonchev–Trinajstić information content (AvgIpc) is 3.05. The molecule has 1 aliphatic rings. The number of hydrogen-bond acceptors (Lipinski definition) is 7. The molecule has 0 fully saturated rings. The number of ether oxygens (including phenoxy) is 2. The summed E-state index contributed by atoms with van der Waals surface area (Å²) in [5.41, 5.74) is 4.00. The third-order valence-corrected chi connectivity index (χ3v) is 4.08. The highest BCUT2D eigenvalue weighted by Crippen LogP contribution is 2.30. The van der Waals surface area contributed by atoms with Gasteiger partial charge in [0.1, 0.15) is 17.2 Å². The van der Waals surface area contributed by atoms with Gasteiger partial charge in [0, 0.05) is 24.7 Å². The van der Waals surface area contributed by atoms with Crippen LogP contribution in [0.3, 0.4) is 0 Å². The summed E-state index contributed by atoms with van der Waals surface area (Å²) in [5, 5.41) is 8.97. The third-order valence-electron chi connectivity index (χ3n) is 4.08. The molecule has 0 aliphatic carbocycles. The van der Waals surface area contributed by atoms with E-state index in [-0.39, 0.29) is 24.2 Å². The molecular weight excluding hydrogens is 360 g/mol. The zero-order valence-electron chi connectivity index (χ0n) is 15.5. The number of benzene rings is 2. The summed E-state index contributed by atoms with van der Waals surface area (Å²) in [6, 6.07) is 14.4. The third kappa shape index (κ3) is 4.13. The number of aliphatic hydroxyl groups is 1. The number of aliphatic imine (C=N–C) groups is 1. The van der Waals surface area contributed by atoms with Crippen LogP contribution in [0.15, 0.2) is 59.2 Å². The molecule has 146 valence electrons. The number of guanidine groups is 1. The summed E-state index contributed by atoms with van der Waals surface area (Å²) in [7, 11) is 1.56. The number of carbonyl (C=O) groups is 1. The summed E-state index contributed by atoms with van der Waals surface area (Å²) in [6.45, 7) is 0.365. The lowest BCUT2D eigenvalue weighted by Crippen LogP contribution is -2.44. The van der Waals surface area contributed by atoms with Crippen LogP contribution >= 0.6 is 0 Å². The van der Waals surface area contributed by atoms with E-state index in [1.165, 1.54) is 4.90 Å². The van der Waals surface area contributed by atoms with Crippen molar-refractivity contribution in [1.82, 2.24) is 5.43 Å². The Morgan fingerprint density at radius 1 is 1.25 bits per heavy atom. The molecule has 8 nitrogen and oxygen atoms in total. The number of methoxy groups -OCH3 is 1. The fourth-order valence-electron chi connectivity index (χ4n) is 2.71. The van der Waals surface area contributed by atoms with E-state index in [4.69, 9.17) is 20.4 Å². The van der Waals surface area contributed by atoms with E-state index in [1.54, 1.807) is 43.5 Å². The second-order valence-electron chi connectivity index (χ2n) is 5.91. The van der Waals surface area contributed by atoms with Crippen molar-refractivity contribution in [2.24, 2.45) is 10.8 Å². The number of carbonyl (C=O) groups excluding carboxylic acids is 1. The Bertz CT molecular complexity index is 896. The number of nitrogens with two attached hydrogens (primary N) is 1. The number of nitrogens with zero attached hydrogens (tertiary/aromatic N) is 2. The van der Waals surface area contributed by atoms with Gasteiger partial charge < -0.3 is 14.6 Å². The maximum atomic E-state index is 12.9. The van der Waals surface area contributed by atoms with Gasteiger partial charge in [-0.05, 0) is 30.3 Å². The summed E-state index contributed by atoms with van der Waals surface area (Å²) >= 11 is 0. The maximum Gasteiger partial charge on any atom is 0.283 e. The highest BCUT2D eigenvalue weighted by atomic mass is 16.5. The largest absolute Gasteiger partial charge is 0.497 e. The number of anilines is 1. The highest BCUT2D eigenvalue weighted by Gasteiger charge is 2.31. The zero-order valence-corrected chi connectivity index (χ0v) is 15.5. The SMILES string of the molecule is COc1ccc(/C=C2\N=C(NN)N(c3ccccc3)C2=O)c(OCCCO)c1. The van der Waals surface area contributed by atoms with E-state index < -0.39 is 0 Å².